The molecule has 0 amide bonds. The quantitative estimate of drug-likeness (QED) is 0.767. The van der Waals surface area contributed by atoms with Gasteiger partial charge in [-0.3, -0.25) is 4.79 Å². The van der Waals surface area contributed by atoms with E-state index in [4.69, 9.17) is 5.26 Å². The van der Waals surface area contributed by atoms with Gasteiger partial charge in [0.2, 0.25) is 0 Å². The summed E-state index contributed by atoms with van der Waals surface area (Å²) in [4.78, 5) is 12.1. The Balaban J connectivity index is 2.10. The maximum absolute atomic E-state index is 12.1. The molecule has 0 aliphatic carbocycles. The van der Waals surface area contributed by atoms with E-state index in [-0.39, 0.29) is 12.3 Å². The van der Waals surface area contributed by atoms with Crippen molar-refractivity contribution in [2.75, 3.05) is 0 Å². The van der Waals surface area contributed by atoms with E-state index in [0.29, 0.717) is 11.3 Å². The normalized spacial score (nSPS) is 10.1. The summed E-state index contributed by atoms with van der Waals surface area (Å²) in [6.45, 7) is 2.34. The van der Waals surface area contributed by atoms with Crippen LogP contribution in [-0.2, 0) is 13.0 Å². The Morgan fingerprint density at radius 2 is 2.00 bits per heavy atom. The number of Topliss-reactive ketones (excluding diaryl/α,β-unsaturated/α-hetero) is 1. The minimum Gasteiger partial charge on any atom is -0.332 e. The van der Waals surface area contributed by atoms with Gasteiger partial charge in [0.25, 0.3) is 0 Å². The number of nitriles is 1. The minimum atomic E-state index is 0.0238. The molecular formula is C16H16N2O. The monoisotopic (exact) mass is 252 g/mol. The van der Waals surface area contributed by atoms with Gasteiger partial charge >= 0.3 is 0 Å². The second-order valence-electron chi connectivity index (χ2n) is 4.50. The summed E-state index contributed by atoms with van der Waals surface area (Å²) < 4.78 is 1.67. The van der Waals surface area contributed by atoms with Crippen molar-refractivity contribution in [3.63, 3.8) is 0 Å². The molecule has 96 valence electrons. The predicted octanol–water partition coefficient (Wildman–Crippen LogP) is 3.20. The highest BCUT2D eigenvalue weighted by molar-refractivity contribution is 5.96. The maximum Gasteiger partial charge on any atom is 0.182 e. The molecule has 3 heteroatoms. The molecular weight excluding hydrogens is 236 g/mol. The van der Waals surface area contributed by atoms with E-state index in [0.717, 1.165) is 12.8 Å². The number of aryl methyl sites for hydroxylation is 1. The van der Waals surface area contributed by atoms with Crippen LogP contribution in [0.4, 0.5) is 0 Å². The Morgan fingerprint density at radius 3 is 2.63 bits per heavy atom. The van der Waals surface area contributed by atoms with Crippen molar-refractivity contribution in [2.45, 2.75) is 26.3 Å². The molecule has 0 aliphatic rings. The lowest BCUT2D eigenvalue weighted by molar-refractivity contribution is 0.0972. The van der Waals surface area contributed by atoms with E-state index in [1.54, 1.807) is 22.9 Å². The van der Waals surface area contributed by atoms with E-state index in [2.05, 4.69) is 13.0 Å². The fraction of sp³-hybridized carbons (Fsp3) is 0.250. The Kier molecular flexibility index (Phi) is 4.15. The number of benzene rings is 1. The molecule has 2 rings (SSSR count). The molecule has 0 unspecified atom stereocenters. The highest BCUT2D eigenvalue weighted by atomic mass is 16.1. The number of hydrogen-bond acceptors (Lipinski definition) is 2. The SMILES string of the molecule is CCCc1ccc(C(=O)Cn2cccc2C#N)cc1. The van der Waals surface area contributed by atoms with Crippen molar-refractivity contribution in [1.82, 2.24) is 4.57 Å². The molecule has 0 radical (unpaired) electrons. The van der Waals surface area contributed by atoms with Crippen LogP contribution in [0, 0.1) is 11.3 Å². The van der Waals surface area contributed by atoms with Crippen LogP contribution in [0.3, 0.4) is 0 Å². The first kappa shape index (κ1) is 13.1. The second-order valence-corrected chi connectivity index (χ2v) is 4.50. The van der Waals surface area contributed by atoms with Gasteiger partial charge in [-0.2, -0.15) is 5.26 Å². The standard InChI is InChI=1S/C16H16N2O/c1-2-4-13-6-8-14(9-7-13)16(19)12-18-10-3-5-15(18)11-17/h3,5-10H,2,4,12H2,1H3. The Hall–Kier alpha value is -2.34. The third-order valence-corrected chi connectivity index (χ3v) is 3.07. The van der Waals surface area contributed by atoms with Crippen LogP contribution < -0.4 is 0 Å². The molecule has 0 aliphatic heterocycles. The fourth-order valence-corrected chi connectivity index (χ4v) is 2.05. The molecule has 0 fully saturated rings. The zero-order valence-corrected chi connectivity index (χ0v) is 11.0. The molecule has 0 atom stereocenters. The number of nitrogens with zero attached hydrogens (tertiary/aromatic N) is 2. The number of hydrogen-bond donors (Lipinski definition) is 0. The van der Waals surface area contributed by atoms with Crippen molar-refractivity contribution in [3.8, 4) is 6.07 Å². The summed E-state index contributed by atoms with van der Waals surface area (Å²) in [5, 5.41) is 8.90. The Morgan fingerprint density at radius 1 is 1.26 bits per heavy atom. The van der Waals surface area contributed by atoms with E-state index in [1.165, 1.54) is 5.56 Å². The van der Waals surface area contributed by atoms with Crippen molar-refractivity contribution in [2.24, 2.45) is 0 Å². The van der Waals surface area contributed by atoms with Crippen molar-refractivity contribution in [1.29, 1.82) is 5.26 Å². The van der Waals surface area contributed by atoms with Gasteiger partial charge in [-0.25, -0.2) is 0 Å². The smallest absolute Gasteiger partial charge is 0.182 e. The lowest BCUT2D eigenvalue weighted by Crippen LogP contribution is -2.11. The molecule has 0 bridgehead atoms. The molecule has 0 N–H and O–H groups in total. The lowest BCUT2D eigenvalue weighted by atomic mass is 10.1. The van der Waals surface area contributed by atoms with E-state index in [1.807, 2.05) is 24.3 Å². The van der Waals surface area contributed by atoms with Crippen LogP contribution in [-0.4, -0.2) is 10.4 Å². The fourth-order valence-electron chi connectivity index (χ4n) is 2.05. The molecule has 1 heterocycles. The summed E-state index contributed by atoms with van der Waals surface area (Å²) in [5.41, 5.74) is 2.45. The highest BCUT2D eigenvalue weighted by Gasteiger charge is 2.08. The van der Waals surface area contributed by atoms with Gasteiger partial charge in [0.1, 0.15) is 11.8 Å². The van der Waals surface area contributed by atoms with Crippen LogP contribution in [0.5, 0.6) is 0 Å². The zero-order chi connectivity index (χ0) is 13.7. The van der Waals surface area contributed by atoms with Gasteiger partial charge in [-0.05, 0) is 24.1 Å². The van der Waals surface area contributed by atoms with Crippen molar-refractivity contribution < 1.29 is 4.79 Å². The summed E-state index contributed by atoms with van der Waals surface area (Å²) in [6.07, 6.45) is 3.88. The highest BCUT2D eigenvalue weighted by Crippen LogP contribution is 2.09. The molecule has 2 aromatic rings. The van der Waals surface area contributed by atoms with Crippen LogP contribution in [0.1, 0.15) is 35.0 Å². The van der Waals surface area contributed by atoms with Crippen LogP contribution >= 0.6 is 0 Å². The largest absolute Gasteiger partial charge is 0.332 e. The molecule has 1 aromatic heterocycles. The third kappa shape index (κ3) is 3.11. The number of ketones is 1. The third-order valence-electron chi connectivity index (χ3n) is 3.07. The predicted molar refractivity (Wildman–Crippen MR) is 73.9 cm³/mol. The molecule has 0 spiro atoms. The first-order valence-electron chi connectivity index (χ1n) is 6.42. The second kappa shape index (κ2) is 6.01. The van der Waals surface area contributed by atoms with Gasteiger partial charge in [0.15, 0.2) is 5.78 Å². The number of carbonyl (C=O) groups is 1. The topological polar surface area (TPSA) is 45.8 Å². The average molecular weight is 252 g/mol. The zero-order valence-electron chi connectivity index (χ0n) is 11.0. The minimum absolute atomic E-state index is 0.0238. The van der Waals surface area contributed by atoms with Gasteiger partial charge < -0.3 is 4.57 Å². The van der Waals surface area contributed by atoms with E-state index < -0.39 is 0 Å². The summed E-state index contributed by atoms with van der Waals surface area (Å²) in [5.74, 6) is 0.0238. The van der Waals surface area contributed by atoms with Crippen LogP contribution in [0.15, 0.2) is 42.6 Å². The Bertz CT molecular complexity index is 602. The first-order valence-corrected chi connectivity index (χ1v) is 6.42. The van der Waals surface area contributed by atoms with Crippen molar-refractivity contribution in [3.05, 3.63) is 59.4 Å². The van der Waals surface area contributed by atoms with Gasteiger partial charge in [0.05, 0.1) is 6.54 Å². The summed E-state index contributed by atoms with van der Waals surface area (Å²) in [7, 11) is 0. The number of rotatable bonds is 5. The average Bonchev–Trinajstić information content (AvgIpc) is 2.87. The number of carbonyl (C=O) groups excluding carboxylic acids is 1. The van der Waals surface area contributed by atoms with Gasteiger partial charge in [-0.15, -0.1) is 0 Å². The molecule has 3 nitrogen and oxygen atoms in total. The summed E-state index contributed by atoms with van der Waals surface area (Å²) in [6, 6.07) is 13.3. The van der Waals surface area contributed by atoms with E-state index >= 15 is 0 Å². The summed E-state index contributed by atoms with van der Waals surface area (Å²) >= 11 is 0. The number of aromatic nitrogens is 1. The first-order chi connectivity index (χ1) is 9.24. The molecule has 0 saturated carbocycles. The molecule has 1 aromatic carbocycles. The van der Waals surface area contributed by atoms with Gasteiger partial charge in [-0.1, -0.05) is 37.6 Å². The van der Waals surface area contributed by atoms with E-state index in [9.17, 15) is 4.79 Å². The maximum atomic E-state index is 12.1. The van der Waals surface area contributed by atoms with Crippen molar-refractivity contribution >= 4 is 5.78 Å². The van der Waals surface area contributed by atoms with Gasteiger partial charge in [0, 0.05) is 11.8 Å². The van der Waals surface area contributed by atoms with Crippen LogP contribution in [0.2, 0.25) is 0 Å². The Labute approximate surface area is 113 Å². The molecule has 19 heavy (non-hydrogen) atoms. The lowest BCUT2D eigenvalue weighted by Gasteiger charge is -2.05. The van der Waals surface area contributed by atoms with Crippen LogP contribution in [0.25, 0.3) is 0 Å². The molecule has 0 saturated heterocycles.